The molecule has 2 aromatic rings. The number of halogens is 3. The Labute approximate surface area is 127 Å². The first kappa shape index (κ1) is 15.1. The van der Waals surface area contributed by atoms with Gasteiger partial charge in [-0.2, -0.15) is 0 Å². The third-order valence-electron chi connectivity index (χ3n) is 2.84. The van der Waals surface area contributed by atoms with Crippen molar-refractivity contribution in [1.29, 1.82) is 0 Å². The molecule has 20 heavy (non-hydrogen) atoms. The van der Waals surface area contributed by atoms with Gasteiger partial charge in [0, 0.05) is 16.6 Å². The molecule has 0 spiro atoms. The largest absolute Gasteiger partial charge is 0.482 e. The van der Waals surface area contributed by atoms with Gasteiger partial charge in [0.2, 0.25) is 0 Å². The minimum Gasteiger partial charge on any atom is -0.482 e. The normalized spacial score (nSPS) is 13.8. The second kappa shape index (κ2) is 6.44. The van der Waals surface area contributed by atoms with E-state index in [4.69, 9.17) is 33.7 Å². The van der Waals surface area contributed by atoms with Gasteiger partial charge >= 0.3 is 0 Å². The lowest BCUT2D eigenvalue weighted by Gasteiger charge is -2.24. The second-order valence-electron chi connectivity index (χ2n) is 4.49. The van der Waals surface area contributed by atoms with E-state index in [1.807, 2.05) is 0 Å². The fourth-order valence-corrected chi connectivity index (χ4v) is 2.32. The second-order valence-corrected chi connectivity index (χ2v) is 5.34. The summed E-state index contributed by atoms with van der Waals surface area (Å²) in [6.45, 7) is 1.75. The quantitative estimate of drug-likeness (QED) is 0.895. The van der Waals surface area contributed by atoms with Crippen molar-refractivity contribution in [2.24, 2.45) is 5.73 Å². The SMILES string of the molecule is CC(N)C(Oc1ccc(Cl)cc1Cl)c1ccccc1F. The lowest BCUT2D eigenvalue weighted by atomic mass is 10.0. The monoisotopic (exact) mass is 313 g/mol. The maximum Gasteiger partial charge on any atom is 0.141 e. The summed E-state index contributed by atoms with van der Waals surface area (Å²) in [5, 5.41) is 0.866. The standard InChI is InChI=1S/C15H14Cl2FNO/c1-9(19)15(11-4-2-3-5-13(11)18)20-14-7-6-10(16)8-12(14)17/h2-9,15H,19H2,1H3. The van der Waals surface area contributed by atoms with Crippen LogP contribution >= 0.6 is 23.2 Å². The average Bonchev–Trinajstić information content (AvgIpc) is 2.39. The van der Waals surface area contributed by atoms with E-state index in [0.717, 1.165) is 0 Å². The van der Waals surface area contributed by atoms with Crippen LogP contribution in [0.5, 0.6) is 5.75 Å². The number of hydrogen-bond acceptors (Lipinski definition) is 2. The molecule has 2 aromatic carbocycles. The predicted octanol–water partition coefficient (Wildman–Crippen LogP) is 4.60. The molecule has 2 N–H and O–H groups in total. The topological polar surface area (TPSA) is 35.2 Å². The lowest BCUT2D eigenvalue weighted by molar-refractivity contribution is 0.176. The van der Waals surface area contributed by atoms with Crippen LogP contribution in [0.2, 0.25) is 10.0 Å². The molecule has 106 valence electrons. The molecular weight excluding hydrogens is 300 g/mol. The smallest absolute Gasteiger partial charge is 0.141 e. The molecule has 0 aliphatic rings. The molecular formula is C15H14Cl2FNO. The zero-order chi connectivity index (χ0) is 14.7. The summed E-state index contributed by atoms with van der Waals surface area (Å²) in [5.74, 6) is 0.0569. The van der Waals surface area contributed by atoms with E-state index in [0.29, 0.717) is 21.4 Å². The van der Waals surface area contributed by atoms with Gasteiger partial charge in [0.1, 0.15) is 17.7 Å². The number of nitrogens with two attached hydrogens (primary N) is 1. The van der Waals surface area contributed by atoms with Gasteiger partial charge in [0.25, 0.3) is 0 Å². The molecule has 0 aromatic heterocycles. The molecule has 2 atom stereocenters. The maximum atomic E-state index is 13.9. The van der Waals surface area contributed by atoms with Crippen LogP contribution in [0.3, 0.4) is 0 Å². The summed E-state index contributed by atoms with van der Waals surface area (Å²) in [6.07, 6.45) is -0.630. The Hall–Kier alpha value is -1.29. The van der Waals surface area contributed by atoms with Crippen LogP contribution < -0.4 is 10.5 Å². The summed E-state index contributed by atoms with van der Waals surface area (Å²) in [5.41, 5.74) is 6.30. The molecule has 0 saturated carbocycles. The first-order chi connectivity index (χ1) is 9.49. The Morgan fingerprint density at radius 2 is 1.85 bits per heavy atom. The van der Waals surface area contributed by atoms with Gasteiger partial charge in [-0.1, -0.05) is 41.4 Å². The molecule has 0 aliphatic heterocycles. The van der Waals surface area contributed by atoms with Crippen molar-refractivity contribution in [3.63, 3.8) is 0 Å². The molecule has 0 fully saturated rings. The summed E-state index contributed by atoms with van der Waals surface area (Å²) in [7, 11) is 0. The van der Waals surface area contributed by atoms with Gasteiger partial charge in [-0.3, -0.25) is 0 Å². The van der Waals surface area contributed by atoms with Gasteiger partial charge in [-0.05, 0) is 31.2 Å². The van der Waals surface area contributed by atoms with Crippen LogP contribution in [0.4, 0.5) is 4.39 Å². The molecule has 0 radical (unpaired) electrons. The lowest BCUT2D eigenvalue weighted by Crippen LogP contribution is -2.29. The van der Waals surface area contributed by atoms with Crippen molar-refractivity contribution in [2.45, 2.75) is 19.1 Å². The Kier molecular flexibility index (Phi) is 4.86. The zero-order valence-corrected chi connectivity index (χ0v) is 12.3. The van der Waals surface area contributed by atoms with Crippen molar-refractivity contribution < 1.29 is 9.13 Å². The van der Waals surface area contributed by atoms with E-state index in [1.54, 1.807) is 43.3 Å². The number of hydrogen-bond donors (Lipinski definition) is 1. The molecule has 0 heterocycles. The fraction of sp³-hybridized carbons (Fsp3) is 0.200. The van der Waals surface area contributed by atoms with Crippen LogP contribution in [0.1, 0.15) is 18.6 Å². The summed E-state index contributed by atoms with van der Waals surface area (Å²) < 4.78 is 19.7. The molecule has 2 rings (SSSR count). The molecule has 0 aliphatic carbocycles. The third-order valence-corrected chi connectivity index (χ3v) is 3.37. The number of ether oxygens (including phenoxy) is 1. The van der Waals surface area contributed by atoms with Crippen molar-refractivity contribution in [3.8, 4) is 5.75 Å². The Balaban J connectivity index is 2.33. The van der Waals surface area contributed by atoms with Gasteiger partial charge in [0.05, 0.1) is 5.02 Å². The summed E-state index contributed by atoms with van der Waals surface area (Å²) in [4.78, 5) is 0. The highest BCUT2D eigenvalue weighted by Crippen LogP contribution is 2.32. The Morgan fingerprint density at radius 3 is 2.45 bits per heavy atom. The van der Waals surface area contributed by atoms with Gasteiger partial charge in [-0.25, -0.2) is 4.39 Å². The molecule has 2 unspecified atom stereocenters. The number of rotatable bonds is 4. The highest BCUT2D eigenvalue weighted by molar-refractivity contribution is 6.35. The van der Waals surface area contributed by atoms with Crippen LogP contribution in [-0.2, 0) is 0 Å². The van der Waals surface area contributed by atoms with Crippen molar-refractivity contribution >= 4 is 23.2 Å². The molecule has 2 nitrogen and oxygen atoms in total. The molecule has 0 saturated heterocycles. The van der Waals surface area contributed by atoms with E-state index in [9.17, 15) is 4.39 Å². The van der Waals surface area contributed by atoms with E-state index in [2.05, 4.69) is 0 Å². The van der Waals surface area contributed by atoms with E-state index in [-0.39, 0.29) is 5.82 Å². The van der Waals surface area contributed by atoms with Crippen LogP contribution in [0, 0.1) is 5.82 Å². The average molecular weight is 314 g/mol. The van der Waals surface area contributed by atoms with Gasteiger partial charge in [-0.15, -0.1) is 0 Å². The zero-order valence-electron chi connectivity index (χ0n) is 10.8. The Morgan fingerprint density at radius 1 is 1.15 bits per heavy atom. The third kappa shape index (κ3) is 3.42. The first-order valence-electron chi connectivity index (χ1n) is 6.10. The first-order valence-corrected chi connectivity index (χ1v) is 6.86. The minimum atomic E-state index is -0.630. The number of benzene rings is 2. The highest BCUT2D eigenvalue weighted by atomic mass is 35.5. The van der Waals surface area contributed by atoms with Crippen LogP contribution in [0.15, 0.2) is 42.5 Å². The van der Waals surface area contributed by atoms with E-state index < -0.39 is 12.1 Å². The van der Waals surface area contributed by atoms with Crippen LogP contribution in [0.25, 0.3) is 0 Å². The summed E-state index contributed by atoms with van der Waals surface area (Å²) >= 11 is 11.9. The van der Waals surface area contributed by atoms with Crippen molar-refractivity contribution in [1.82, 2.24) is 0 Å². The highest BCUT2D eigenvalue weighted by Gasteiger charge is 2.22. The van der Waals surface area contributed by atoms with E-state index >= 15 is 0 Å². The minimum absolute atomic E-state index is 0.361. The maximum absolute atomic E-state index is 13.9. The van der Waals surface area contributed by atoms with Gasteiger partial charge in [0.15, 0.2) is 0 Å². The molecule has 5 heteroatoms. The fourth-order valence-electron chi connectivity index (χ4n) is 1.87. The molecule has 0 amide bonds. The summed E-state index contributed by atoms with van der Waals surface area (Å²) in [6, 6.07) is 10.8. The van der Waals surface area contributed by atoms with E-state index in [1.165, 1.54) is 6.07 Å². The molecule has 0 bridgehead atoms. The van der Waals surface area contributed by atoms with Crippen LogP contribution in [-0.4, -0.2) is 6.04 Å². The van der Waals surface area contributed by atoms with Gasteiger partial charge < -0.3 is 10.5 Å². The van der Waals surface area contributed by atoms with Crippen molar-refractivity contribution in [3.05, 3.63) is 63.9 Å². The predicted molar refractivity (Wildman–Crippen MR) is 79.9 cm³/mol. The van der Waals surface area contributed by atoms with Crippen molar-refractivity contribution in [2.75, 3.05) is 0 Å². The Bertz CT molecular complexity index is 604.